The molecule has 36 heavy (non-hydrogen) atoms. The molecule has 0 aromatic rings. The number of halogens is 2. The van der Waals surface area contributed by atoms with Gasteiger partial charge in [0.2, 0.25) is 5.96 Å². The third kappa shape index (κ3) is 5.46. The Morgan fingerprint density at radius 3 is 2.56 bits per heavy atom. The van der Waals surface area contributed by atoms with Gasteiger partial charge in [-0.3, -0.25) is 0 Å². The Balaban J connectivity index is 1.39. The predicted molar refractivity (Wildman–Crippen MR) is 146 cm³/mol. The zero-order valence-corrected chi connectivity index (χ0v) is 22.1. The summed E-state index contributed by atoms with van der Waals surface area (Å²) in [5, 5.41) is 0.803. The Morgan fingerprint density at radius 1 is 0.944 bits per heavy atom. The van der Waals surface area contributed by atoms with Gasteiger partial charge in [-0.25, -0.2) is 9.38 Å². The molecule has 0 amide bonds. The summed E-state index contributed by atoms with van der Waals surface area (Å²) in [5.74, 6) is 2.69. The zero-order valence-electron chi connectivity index (χ0n) is 21.3. The maximum atomic E-state index is 13.8. The van der Waals surface area contributed by atoms with Crippen molar-refractivity contribution in [2.24, 2.45) is 9.98 Å². The summed E-state index contributed by atoms with van der Waals surface area (Å²) in [7, 11) is 2.10. The standard InChI is InChI=1S/C28H36ClFN6/c1-21-20-35(27-24(29)10-7-15-33(27)2)18-19-36(21)26-14-13-25(22-8-6-9-23(30)12-11-22)31-28(32-26)34-16-4-3-5-17-34/h7-12,14,21H,3-6,13,15-20H2,1-2H3. The SMILES string of the molecule is CC1CN(C2=C(Cl)C=CCN2C)CCN1C1=CCC(C2=CCC=C(F)C=C2)=NC(N2CCCCC2)=N1. The fourth-order valence-corrected chi connectivity index (χ4v) is 5.84. The number of guanidine groups is 1. The van der Waals surface area contributed by atoms with Crippen LogP contribution >= 0.6 is 11.6 Å². The molecule has 0 bridgehead atoms. The Bertz CT molecular complexity index is 1110. The number of hydrogen-bond acceptors (Lipinski definition) is 6. The molecule has 5 aliphatic rings. The van der Waals surface area contributed by atoms with Crippen LogP contribution in [0.1, 0.15) is 39.0 Å². The Labute approximate surface area is 219 Å². The molecule has 0 N–H and O–H groups in total. The van der Waals surface area contributed by atoms with Crippen molar-refractivity contribution in [3.8, 4) is 0 Å². The molecule has 0 aromatic heterocycles. The van der Waals surface area contributed by atoms with Gasteiger partial charge in [0, 0.05) is 58.8 Å². The summed E-state index contributed by atoms with van der Waals surface area (Å²) >= 11 is 6.58. The highest BCUT2D eigenvalue weighted by molar-refractivity contribution is 6.31. The first kappa shape index (κ1) is 24.9. The highest BCUT2D eigenvalue weighted by Crippen LogP contribution is 2.28. The van der Waals surface area contributed by atoms with Gasteiger partial charge in [0.05, 0.1) is 10.7 Å². The van der Waals surface area contributed by atoms with Crippen LogP contribution in [0.2, 0.25) is 0 Å². The van der Waals surface area contributed by atoms with Crippen molar-refractivity contribution in [3.05, 3.63) is 70.6 Å². The lowest BCUT2D eigenvalue weighted by atomic mass is 10.1. The van der Waals surface area contributed by atoms with E-state index in [9.17, 15) is 4.39 Å². The van der Waals surface area contributed by atoms with E-state index in [1.54, 1.807) is 6.08 Å². The maximum absolute atomic E-state index is 13.8. The minimum absolute atomic E-state index is 0.197. The van der Waals surface area contributed by atoms with Gasteiger partial charge in [0.25, 0.3) is 0 Å². The number of rotatable bonds is 3. The quantitative estimate of drug-likeness (QED) is 0.525. The van der Waals surface area contributed by atoms with E-state index in [2.05, 4.69) is 51.8 Å². The van der Waals surface area contributed by atoms with Crippen LogP contribution in [0.4, 0.5) is 4.39 Å². The van der Waals surface area contributed by atoms with E-state index >= 15 is 0 Å². The molecule has 2 fully saturated rings. The highest BCUT2D eigenvalue weighted by Gasteiger charge is 2.30. The fourth-order valence-electron chi connectivity index (χ4n) is 5.49. The van der Waals surface area contributed by atoms with Gasteiger partial charge < -0.3 is 19.6 Å². The number of allylic oxidation sites excluding steroid dienone is 9. The van der Waals surface area contributed by atoms with Crippen LogP contribution in [0.3, 0.4) is 0 Å². The zero-order chi connectivity index (χ0) is 25.1. The topological polar surface area (TPSA) is 37.7 Å². The molecule has 0 spiro atoms. The summed E-state index contributed by atoms with van der Waals surface area (Å²) < 4.78 is 13.8. The molecule has 4 aliphatic heterocycles. The van der Waals surface area contributed by atoms with Gasteiger partial charge in [0.1, 0.15) is 17.5 Å². The van der Waals surface area contributed by atoms with Crippen molar-refractivity contribution in [2.45, 2.75) is 45.1 Å². The van der Waals surface area contributed by atoms with Gasteiger partial charge >= 0.3 is 0 Å². The predicted octanol–water partition coefficient (Wildman–Crippen LogP) is 5.17. The molecule has 0 saturated carbocycles. The van der Waals surface area contributed by atoms with Gasteiger partial charge in [-0.2, -0.15) is 4.99 Å². The summed E-state index contributed by atoms with van der Waals surface area (Å²) in [6, 6.07) is 0.268. The Morgan fingerprint density at radius 2 is 1.78 bits per heavy atom. The molecule has 1 unspecified atom stereocenters. The monoisotopic (exact) mass is 510 g/mol. The molecule has 6 nitrogen and oxygen atoms in total. The average molecular weight is 511 g/mol. The number of aliphatic imine (C=N–C) groups is 2. The van der Waals surface area contributed by atoms with Crippen LogP contribution in [0, 0.1) is 0 Å². The largest absolute Gasteiger partial charge is 0.356 e. The first-order valence-electron chi connectivity index (χ1n) is 13.1. The van der Waals surface area contributed by atoms with E-state index in [0.717, 1.165) is 86.0 Å². The number of nitrogens with zero attached hydrogens (tertiary/aromatic N) is 6. The van der Waals surface area contributed by atoms with Crippen molar-refractivity contribution < 1.29 is 4.39 Å². The lowest BCUT2D eigenvalue weighted by Crippen LogP contribution is -2.53. The maximum Gasteiger partial charge on any atom is 0.227 e. The van der Waals surface area contributed by atoms with Gasteiger partial charge in [-0.05, 0) is 62.5 Å². The summed E-state index contributed by atoms with van der Waals surface area (Å²) in [6.07, 6.45) is 18.2. The second-order valence-electron chi connectivity index (χ2n) is 10.0. The van der Waals surface area contributed by atoms with E-state index in [0.29, 0.717) is 12.8 Å². The minimum atomic E-state index is -0.197. The molecule has 0 radical (unpaired) electrons. The molecule has 2 saturated heterocycles. The third-order valence-corrected chi connectivity index (χ3v) is 7.71. The Kier molecular flexibility index (Phi) is 7.65. The van der Waals surface area contributed by atoms with Crippen LogP contribution in [0.5, 0.6) is 0 Å². The molecule has 1 aliphatic carbocycles. The van der Waals surface area contributed by atoms with E-state index in [4.69, 9.17) is 21.6 Å². The number of likely N-dealkylation sites (tertiary alicyclic amines) is 1. The van der Waals surface area contributed by atoms with Gasteiger partial charge in [-0.15, -0.1) is 0 Å². The Hall–Kier alpha value is -2.80. The van der Waals surface area contributed by atoms with E-state index in [1.807, 2.05) is 12.2 Å². The van der Waals surface area contributed by atoms with E-state index in [1.165, 1.54) is 12.5 Å². The van der Waals surface area contributed by atoms with Crippen LogP contribution < -0.4 is 0 Å². The van der Waals surface area contributed by atoms with Crippen molar-refractivity contribution in [1.82, 2.24) is 19.6 Å². The number of piperazine rings is 1. The molecule has 4 heterocycles. The molecule has 192 valence electrons. The van der Waals surface area contributed by atoms with Crippen LogP contribution in [-0.4, -0.2) is 83.6 Å². The molecule has 8 heteroatoms. The van der Waals surface area contributed by atoms with Crippen molar-refractivity contribution in [3.63, 3.8) is 0 Å². The fraction of sp³-hybridized carbons (Fsp3) is 0.500. The van der Waals surface area contributed by atoms with Crippen LogP contribution in [-0.2, 0) is 0 Å². The highest BCUT2D eigenvalue weighted by atomic mass is 35.5. The van der Waals surface area contributed by atoms with E-state index < -0.39 is 0 Å². The molecule has 0 aromatic carbocycles. The first-order chi connectivity index (χ1) is 17.5. The van der Waals surface area contributed by atoms with Crippen molar-refractivity contribution >= 4 is 23.3 Å². The molecule has 1 atom stereocenters. The van der Waals surface area contributed by atoms with Crippen LogP contribution in [0.15, 0.2) is 80.6 Å². The van der Waals surface area contributed by atoms with Gasteiger partial charge in [0.15, 0.2) is 0 Å². The first-order valence-corrected chi connectivity index (χ1v) is 13.5. The summed E-state index contributed by atoms with van der Waals surface area (Å²) in [5.41, 5.74) is 1.93. The van der Waals surface area contributed by atoms with Crippen molar-refractivity contribution in [2.75, 3.05) is 46.3 Å². The number of piperidine rings is 1. The second-order valence-corrected chi connectivity index (χ2v) is 10.5. The molecular formula is C28H36ClFN6. The second kappa shape index (κ2) is 11.1. The summed E-state index contributed by atoms with van der Waals surface area (Å²) in [4.78, 5) is 19.6. The number of likely N-dealkylation sites (N-methyl/N-ethyl adjacent to an activating group) is 1. The lowest BCUT2D eigenvalue weighted by molar-refractivity contribution is 0.109. The van der Waals surface area contributed by atoms with E-state index in [-0.39, 0.29) is 11.9 Å². The molecule has 5 rings (SSSR count). The average Bonchev–Trinajstić information content (AvgIpc) is 3.23. The van der Waals surface area contributed by atoms with Crippen LogP contribution in [0.25, 0.3) is 0 Å². The normalized spacial score (nSPS) is 25.7. The minimum Gasteiger partial charge on any atom is -0.356 e. The van der Waals surface area contributed by atoms with Crippen molar-refractivity contribution in [1.29, 1.82) is 0 Å². The van der Waals surface area contributed by atoms with Gasteiger partial charge in [-0.1, -0.05) is 29.8 Å². The lowest BCUT2D eigenvalue weighted by Gasteiger charge is -2.45. The number of hydrogen-bond donors (Lipinski definition) is 0. The summed E-state index contributed by atoms with van der Waals surface area (Å²) in [6.45, 7) is 7.71. The smallest absolute Gasteiger partial charge is 0.227 e. The molecular weight excluding hydrogens is 475 g/mol. The third-order valence-electron chi connectivity index (χ3n) is 7.41.